The minimum absolute atomic E-state index is 0.0562. The van der Waals surface area contributed by atoms with Crippen molar-refractivity contribution >= 4 is 27.1 Å². The molecule has 0 aliphatic rings. The lowest BCUT2D eigenvalue weighted by molar-refractivity contribution is 0.518. The lowest BCUT2D eigenvalue weighted by atomic mass is 10.2. The Balaban J connectivity index is 2.35. The zero-order valence-electron chi connectivity index (χ0n) is 10.6. The molecule has 20 heavy (non-hydrogen) atoms. The van der Waals surface area contributed by atoms with Crippen LogP contribution in [0.25, 0.3) is 0 Å². The third kappa shape index (κ3) is 3.13. The smallest absolute Gasteiger partial charge is 0.177 e. The molecular weight excluding hydrogens is 300 g/mol. The van der Waals surface area contributed by atoms with E-state index in [0.29, 0.717) is 18.0 Å². The number of rotatable bonds is 4. The number of nitrogens with zero attached hydrogens (tertiary/aromatic N) is 1. The average Bonchev–Trinajstić information content (AvgIpc) is 2.88. The minimum Gasteiger partial charge on any atom is -0.467 e. The largest absolute Gasteiger partial charge is 0.467 e. The summed E-state index contributed by atoms with van der Waals surface area (Å²) in [4.78, 5) is -0.0562. The standard InChI is InChI=1S/C13H11ClN2O3S/c1-20(17,18)13-5-9(7-15)12(6-11(13)14)16-8-10-3-2-4-19-10/h2-6,16H,8H2,1H3. The van der Waals surface area contributed by atoms with Gasteiger partial charge in [-0.05, 0) is 24.3 Å². The van der Waals surface area contributed by atoms with Crippen LogP contribution in [0.1, 0.15) is 11.3 Å². The summed E-state index contributed by atoms with van der Waals surface area (Å²) in [7, 11) is -3.47. The number of halogens is 1. The number of nitriles is 1. The molecule has 0 saturated heterocycles. The topological polar surface area (TPSA) is 83.1 Å². The van der Waals surface area contributed by atoms with Gasteiger partial charge in [0.2, 0.25) is 0 Å². The molecule has 0 radical (unpaired) electrons. The highest BCUT2D eigenvalue weighted by Gasteiger charge is 2.16. The summed E-state index contributed by atoms with van der Waals surface area (Å²) in [6.45, 7) is 0.371. The minimum atomic E-state index is -3.47. The fourth-order valence-corrected chi connectivity index (χ4v) is 3.00. The Morgan fingerprint density at radius 2 is 2.20 bits per heavy atom. The average molecular weight is 311 g/mol. The van der Waals surface area contributed by atoms with E-state index >= 15 is 0 Å². The molecule has 0 aliphatic heterocycles. The molecule has 2 rings (SSSR count). The van der Waals surface area contributed by atoms with Gasteiger partial charge in [0.25, 0.3) is 0 Å². The van der Waals surface area contributed by atoms with Crippen molar-refractivity contribution < 1.29 is 12.8 Å². The Labute approximate surface area is 121 Å². The number of sulfone groups is 1. The van der Waals surface area contributed by atoms with E-state index in [2.05, 4.69) is 5.32 Å². The van der Waals surface area contributed by atoms with Gasteiger partial charge in [0.15, 0.2) is 9.84 Å². The molecule has 0 amide bonds. The van der Waals surface area contributed by atoms with E-state index in [0.717, 1.165) is 6.26 Å². The maximum atomic E-state index is 11.5. The van der Waals surface area contributed by atoms with E-state index in [1.54, 1.807) is 18.4 Å². The zero-order chi connectivity index (χ0) is 14.8. The van der Waals surface area contributed by atoms with E-state index in [1.807, 2.05) is 6.07 Å². The number of hydrogen-bond donors (Lipinski definition) is 1. The number of furan rings is 1. The van der Waals surface area contributed by atoms with Crippen molar-refractivity contribution in [3.63, 3.8) is 0 Å². The Bertz CT molecular complexity index is 762. The molecule has 1 N–H and O–H groups in total. The highest BCUT2D eigenvalue weighted by molar-refractivity contribution is 7.90. The fourth-order valence-electron chi connectivity index (χ4n) is 1.67. The predicted molar refractivity (Wildman–Crippen MR) is 75.3 cm³/mol. The summed E-state index contributed by atoms with van der Waals surface area (Å²) in [5, 5.41) is 12.2. The van der Waals surface area contributed by atoms with Crippen molar-refractivity contribution in [1.82, 2.24) is 0 Å². The van der Waals surface area contributed by atoms with Crippen LogP contribution in [-0.4, -0.2) is 14.7 Å². The molecule has 2 aromatic rings. The summed E-state index contributed by atoms with van der Waals surface area (Å²) in [6, 6.07) is 8.18. The Morgan fingerprint density at radius 1 is 1.45 bits per heavy atom. The molecule has 0 saturated carbocycles. The molecule has 1 heterocycles. The van der Waals surface area contributed by atoms with Crippen LogP contribution in [-0.2, 0) is 16.4 Å². The normalized spacial score (nSPS) is 11.1. The van der Waals surface area contributed by atoms with Crippen LogP contribution in [0.2, 0.25) is 5.02 Å². The van der Waals surface area contributed by atoms with Crippen molar-refractivity contribution in [3.05, 3.63) is 46.9 Å². The molecule has 0 bridgehead atoms. The molecule has 0 unspecified atom stereocenters. The van der Waals surface area contributed by atoms with Crippen molar-refractivity contribution in [2.75, 3.05) is 11.6 Å². The molecule has 1 aromatic heterocycles. The van der Waals surface area contributed by atoms with Crippen LogP contribution in [0.3, 0.4) is 0 Å². The van der Waals surface area contributed by atoms with Gasteiger partial charge in [-0.3, -0.25) is 0 Å². The highest BCUT2D eigenvalue weighted by atomic mass is 35.5. The second kappa shape index (κ2) is 5.57. The van der Waals surface area contributed by atoms with Crippen molar-refractivity contribution in [2.24, 2.45) is 0 Å². The van der Waals surface area contributed by atoms with Crippen LogP contribution in [0.15, 0.2) is 39.8 Å². The highest BCUT2D eigenvalue weighted by Crippen LogP contribution is 2.28. The summed E-state index contributed by atoms with van der Waals surface area (Å²) in [5.41, 5.74) is 0.669. The lowest BCUT2D eigenvalue weighted by Crippen LogP contribution is -2.04. The first-order chi connectivity index (χ1) is 9.41. The number of hydrogen-bond acceptors (Lipinski definition) is 5. The van der Waals surface area contributed by atoms with Gasteiger partial charge in [-0.2, -0.15) is 5.26 Å². The monoisotopic (exact) mass is 310 g/mol. The molecule has 1 aromatic carbocycles. The molecule has 0 aliphatic carbocycles. The van der Waals surface area contributed by atoms with Crippen molar-refractivity contribution in [3.8, 4) is 6.07 Å². The number of nitrogens with one attached hydrogen (secondary N) is 1. The maximum Gasteiger partial charge on any atom is 0.177 e. The Hall–Kier alpha value is -1.97. The van der Waals surface area contributed by atoms with Crippen LogP contribution < -0.4 is 5.32 Å². The first-order valence-electron chi connectivity index (χ1n) is 5.62. The van der Waals surface area contributed by atoms with Gasteiger partial charge >= 0.3 is 0 Å². The zero-order valence-corrected chi connectivity index (χ0v) is 12.1. The van der Waals surface area contributed by atoms with E-state index in [4.69, 9.17) is 21.3 Å². The third-order valence-corrected chi connectivity index (χ3v) is 4.19. The number of benzene rings is 1. The van der Waals surface area contributed by atoms with E-state index in [-0.39, 0.29) is 15.5 Å². The molecule has 0 atom stereocenters. The van der Waals surface area contributed by atoms with E-state index in [9.17, 15) is 8.42 Å². The summed E-state index contributed by atoms with van der Waals surface area (Å²) in [5.74, 6) is 0.692. The number of anilines is 1. The van der Waals surface area contributed by atoms with Gasteiger partial charge in [0.1, 0.15) is 11.8 Å². The SMILES string of the molecule is CS(=O)(=O)c1cc(C#N)c(NCc2ccco2)cc1Cl. The Kier molecular flexibility index (Phi) is 4.02. The first-order valence-corrected chi connectivity index (χ1v) is 7.88. The van der Waals surface area contributed by atoms with Crippen LogP contribution in [0.4, 0.5) is 5.69 Å². The quantitative estimate of drug-likeness (QED) is 0.938. The molecular formula is C13H11ClN2O3S. The lowest BCUT2D eigenvalue weighted by Gasteiger charge is -2.10. The third-order valence-electron chi connectivity index (χ3n) is 2.63. The van der Waals surface area contributed by atoms with Crippen LogP contribution in [0.5, 0.6) is 0 Å². The van der Waals surface area contributed by atoms with E-state index in [1.165, 1.54) is 12.1 Å². The van der Waals surface area contributed by atoms with E-state index < -0.39 is 9.84 Å². The van der Waals surface area contributed by atoms with Crippen LogP contribution in [0, 0.1) is 11.3 Å². The molecule has 0 fully saturated rings. The van der Waals surface area contributed by atoms with Crippen molar-refractivity contribution in [1.29, 1.82) is 5.26 Å². The molecule has 7 heteroatoms. The summed E-state index contributed by atoms with van der Waals surface area (Å²) < 4.78 is 28.3. The maximum absolute atomic E-state index is 11.5. The second-order valence-corrected chi connectivity index (χ2v) is 6.54. The van der Waals surface area contributed by atoms with Gasteiger partial charge in [-0.25, -0.2) is 8.42 Å². The fraction of sp³-hybridized carbons (Fsp3) is 0.154. The van der Waals surface area contributed by atoms with Crippen LogP contribution >= 0.6 is 11.6 Å². The first kappa shape index (κ1) is 14.4. The molecule has 104 valence electrons. The van der Waals surface area contributed by atoms with Gasteiger partial charge in [0, 0.05) is 6.26 Å². The predicted octanol–water partition coefficient (Wildman–Crippen LogP) is 2.82. The van der Waals surface area contributed by atoms with Gasteiger partial charge in [-0.1, -0.05) is 11.6 Å². The summed E-state index contributed by atoms with van der Waals surface area (Å²) in [6.07, 6.45) is 2.59. The summed E-state index contributed by atoms with van der Waals surface area (Å²) >= 11 is 5.95. The van der Waals surface area contributed by atoms with Gasteiger partial charge < -0.3 is 9.73 Å². The van der Waals surface area contributed by atoms with Gasteiger partial charge in [0.05, 0.1) is 34.0 Å². The second-order valence-electron chi connectivity index (χ2n) is 4.15. The molecule has 5 nitrogen and oxygen atoms in total. The Morgan fingerprint density at radius 3 is 2.75 bits per heavy atom. The molecule has 0 spiro atoms. The van der Waals surface area contributed by atoms with Gasteiger partial charge in [-0.15, -0.1) is 0 Å². The van der Waals surface area contributed by atoms with Crippen molar-refractivity contribution in [2.45, 2.75) is 11.4 Å².